The van der Waals surface area contributed by atoms with Crippen LogP contribution >= 0.6 is 0 Å². The number of unbranched alkanes of at least 4 members (excludes halogenated alkanes) is 30. The molecule has 0 N–H and O–H groups in total. The van der Waals surface area contributed by atoms with Crippen LogP contribution in [0.5, 0.6) is 0 Å². The van der Waals surface area contributed by atoms with E-state index in [1.807, 2.05) is 6.08 Å². The van der Waals surface area contributed by atoms with Gasteiger partial charge in [0.25, 0.3) is 0 Å². The maximum atomic E-state index is 12.9. The van der Waals surface area contributed by atoms with Crippen molar-refractivity contribution in [1.29, 1.82) is 0 Å². The molecular weight excluding hydrogens is 889 g/mol. The number of carbonyl (C=O) groups is 3. The van der Waals surface area contributed by atoms with Crippen molar-refractivity contribution in [2.24, 2.45) is 0 Å². The lowest BCUT2D eigenvalue weighted by molar-refractivity contribution is -0.166. The highest BCUT2D eigenvalue weighted by Gasteiger charge is 2.19. The van der Waals surface area contributed by atoms with E-state index >= 15 is 0 Å². The molecule has 0 radical (unpaired) electrons. The second-order valence-electron chi connectivity index (χ2n) is 20.2. The standard InChI is InChI=1S/C66H114O6/c1-4-7-10-13-16-19-22-25-28-31-33-35-38-41-44-47-50-53-56-59-65(68)71-62-63(61-70-64(67)58-55-52-49-46-43-40-37-30-27-24-21-18-15-12-9-6-3)72-66(69)60-57-54-51-48-45-42-39-36-34-32-29-26-23-20-17-14-11-8-5-2/h7,10,16,19,25,28,30,33,35,37,41,44,50,53,63H,4-6,8-9,11-15,17-18,20-24,26-27,29,31-32,34,36,38-40,42-43,45-49,51-52,54-62H2,1-3H3/b10-7-,19-16-,28-25-,35-33-,37-30-,44-41-,53-50-/t63-/m1/s1. The fourth-order valence-electron chi connectivity index (χ4n) is 8.58. The van der Waals surface area contributed by atoms with Crippen LogP contribution in [0.4, 0.5) is 0 Å². The zero-order valence-corrected chi connectivity index (χ0v) is 47.4. The molecule has 0 unspecified atom stereocenters. The SMILES string of the molecule is CC/C=C\C/C=C\C/C=C\C/C=C\C/C=C\C/C=C\CCC(=O)OC[C@@H](COC(=O)CCCCCCC/C=C\CCCCCCCCC)OC(=O)CCCCCCCCCCCCCCCCCCCCC. The summed E-state index contributed by atoms with van der Waals surface area (Å²) < 4.78 is 16.8. The van der Waals surface area contributed by atoms with Gasteiger partial charge in [0.2, 0.25) is 0 Å². The van der Waals surface area contributed by atoms with E-state index in [-0.39, 0.29) is 37.5 Å². The van der Waals surface area contributed by atoms with Crippen molar-refractivity contribution >= 4 is 17.9 Å². The highest BCUT2D eigenvalue weighted by atomic mass is 16.6. The number of allylic oxidation sites excluding steroid dienone is 14. The molecule has 0 bridgehead atoms. The van der Waals surface area contributed by atoms with Crippen molar-refractivity contribution < 1.29 is 28.6 Å². The van der Waals surface area contributed by atoms with Crippen molar-refractivity contribution in [3.63, 3.8) is 0 Å². The zero-order chi connectivity index (χ0) is 52.2. The topological polar surface area (TPSA) is 78.9 Å². The first kappa shape index (κ1) is 68.6. The first-order valence-corrected chi connectivity index (χ1v) is 30.6. The Balaban J connectivity index is 4.47. The van der Waals surface area contributed by atoms with Crippen molar-refractivity contribution in [2.75, 3.05) is 13.2 Å². The monoisotopic (exact) mass is 1000 g/mol. The fourth-order valence-corrected chi connectivity index (χ4v) is 8.58. The molecule has 6 nitrogen and oxygen atoms in total. The van der Waals surface area contributed by atoms with E-state index in [9.17, 15) is 14.4 Å². The molecular formula is C66H114O6. The number of hydrogen-bond acceptors (Lipinski definition) is 6. The third kappa shape index (κ3) is 57.5. The van der Waals surface area contributed by atoms with Gasteiger partial charge in [-0.25, -0.2) is 0 Å². The molecule has 0 spiro atoms. The molecule has 0 rings (SSSR count). The number of esters is 3. The maximum absolute atomic E-state index is 12.9. The normalized spacial score (nSPS) is 12.7. The predicted molar refractivity (Wildman–Crippen MR) is 311 cm³/mol. The van der Waals surface area contributed by atoms with E-state index in [4.69, 9.17) is 14.2 Å². The van der Waals surface area contributed by atoms with Crippen LogP contribution in [-0.2, 0) is 28.6 Å². The highest BCUT2D eigenvalue weighted by molar-refractivity contribution is 5.71. The summed E-state index contributed by atoms with van der Waals surface area (Å²) in [6.45, 7) is 6.48. The Morgan fingerprint density at radius 1 is 0.292 bits per heavy atom. The average molecular weight is 1000 g/mol. The highest BCUT2D eigenvalue weighted by Crippen LogP contribution is 2.16. The molecule has 0 aliphatic rings. The summed E-state index contributed by atoms with van der Waals surface area (Å²) in [6.07, 6.45) is 78.8. The Labute approximate surface area is 445 Å². The second-order valence-corrected chi connectivity index (χ2v) is 20.2. The first-order valence-electron chi connectivity index (χ1n) is 30.6. The summed E-state index contributed by atoms with van der Waals surface area (Å²) in [4.78, 5) is 38.2. The third-order valence-electron chi connectivity index (χ3n) is 13.1. The summed E-state index contributed by atoms with van der Waals surface area (Å²) >= 11 is 0. The number of ether oxygens (including phenoxy) is 3. The summed E-state index contributed by atoms with van der Waals surface area (Å²) in [7, 11) is 0. The van der Waals surface area contributed by atoms with Crippen LogP contribution in [0.15, 0.2) is 85.1 Å². The molecule has 0 aliphatic carbocycles. The van der Waals surface area contributed by atoms with Gasteiger partial charge in [-0.05, 0) is 83.5 Å². The predicted octanol–water partition coefficient (Wildman–Crippen LogP) is 20.7. The lowest BCUT2D eigenvalue weighted by atomic mass is 10.0. The minimum absolute atomic E-state index is 0.102. The van der Waals surface area contributed by atoms with Gasteiger partial charge in [-0.1, -0.05) is 279 Å². The van der Waals surface area contributed by atoms with Gasteiger partial charge < -0.3 is 14.2 Å². The largest absolute Gasteiger partial charge is 0.462 e. The van der Waals surface area contributed by atoms with E-state index in [0.717, 1.165) is 83.5 Å². The second kappa shape index (κ2) is 60.1. The van der Waals surface area contributed by atoms with Crippen molar-refractivity contribution in [3.8, 4) is 0 Å². The van der Waals surface area contributed by atoms with E-state index in [0.29, 0.717) is 19.3 Å². The molecule has 0 heterocycles. The number of carbonyl (C=O) groups excluding carboxylic acids is 3. The molecule has 1 atom stereocenters. The van der Waals surface area contributed by atoms with E-state index in [2.05, 4.69) is 99.8 Å². The van der Waals surface area contributed by atoms with Crippen LogP contribution in [0.25, 0.3) is 0 Å². The van der Waals surface area contributed by atoms with Crippen LogP contribution in [0, 0.1) is 0 Å². The summed E-state index contributed by atoms with van der Waals surface area (Å²) in [5.41, 5.74) is 0. The van der Waals surface area contributed by atoms with Crippen LogP contribution in [0.1, 0.15) is 297 Å². The fraction of sp³-hybridized carbons (Fsp3) is 0.742. The van der Waals surface area contributed by atoms with Gasteiger partial charge in [0.1, 0.15) is 13.2 Å². The van der Waals surface area contributed by atoms with Gasteiger partial charge in [-0.3, -0.25) is 14.4 Å². The molecule has 0 aromatic rings. The Morgan fingerprint density at radius 3 is 0.931 bits per heavy atom. The van der Waals surface area contributed by atoms with Crippen molar-refractivity contribution in [2.45, 2.75) is 303 Å². The Kier molecular flexibility index (Phi) is 57.3. The maximum Gasteiger partial charge on any atom is 0.306 e. The van der Waals surface area contributed by atoms with Crippen molar-refractivity contribution in [3.05, 3.63) is 85.1 Å². The molecule has 6 heteroatoms. The lowest BCUT2D eigenvalue weighted by Gasteiger charge is -2.18. The van der Waals surface area contributed by atoms with Crippen LogP contribution in [-0.4, -0.2) is 37.2 Å². The van der Waals surface area contributed by atoms with E-state index in [1.165, 1.54) is 167 Å². The molecule has 0 fully saturated rings. The Hall–Kier alpha value is -3.41. The molecule has 0 aromatic carbocycles. The Morgan fingerprint density at radius 2 is 0.569 bits per heavy atom. The first-order chi connectivity index (χ1) is 35.5. The quantitative estimate of drug-likeness (QED) is 0.0261. The van der Waals surface area contributed by atoms with Crippen LogP contribution in [0.3, 0.4) is 0 Å². The number of hydrogen-bond donors (Lipinski definition) is 0. The third-order valence-corrected chi connectivity index (χ3v) is 13.1. The average Bonchev–Trinajstić information content (AvgIpc) is 3.38. The summed E-state index contributed by atoms with van der Waals surface area (Å²) in [5.74, 6) is -0.985. The van der Waals surface area contributed by atoms with E-state index in [1.54, 1.807) is 0 Å². The lowest BCUT2D eigenvalue weighted by Crippen LogP contribution is -2.30. The molecule has 72 heavy (non-hydrogen) atoms. The summed E-state index contributed by atoms with van der Waals surface area (Å²) in [6, 6.07) is 0. The molecule has 0 aromatic heterocycles. The Bertz CT molecular complexity index is 1380. The van der Waals surface area contributed by atoms with Gasteiger partial charge in [0.05, 0.1) is 0 Å². The minimum Gasteiger partial charge on any atom is -0.462 e. The molecule has 414 valence electrons. The van der Waals surface area contributed by atoms with Crippen molar-refractivity contribution in [1.82, 2.24) is 0 Å². The summed E-state index contributed by atoms with van der Waals surface area (Å²) in [5, 5.41) is 0. The van der Waals surface area contributed by atoms with Gasteiger partial charge in [-0.2, -0.15) is 0 Å². The molecule has 0 aliphatic heterocycles. The van der Waals surface area contributed by atoms with E-state index < -0.39 is 6.10 Å². The van der Waals surface area contributed by atoms with Crippen LogP contribution < -0.4 is 0 Å². The number of rotatable bonds is 55. The molecule has 0 saturated heterocycles. The smallest absolute Gasteiger partial charge is 0.306 e. The minimum atomic E-state index is -0.810. The molecule has 0 saturated carbocycles. The van der Waals surface area contributed by atoms with Gasteiger partial charge in [-0.15, -0.1) is 0 Å². The van der Waals surface area contributed by atoms with Gasteiger partial charge >= 0.3 is 17.9 Å². The van der Waals surface area contributed by atoms with Gasteiger partial charge in [0, 0.05) is 19.3 Å². The van der Waals surface area contributed by atoms with Gasteiger partial charge in [0.15, 0.2) is 6.10 Å². The molecule has 0 amide bonds. The zero-order valence-electron chi connectivity index (χ0n) is 47.4. The van der Waals surface area contributed by atoms with Crippen LogP contribution in [0.2, 0.25) is 0 Å².